The molecule has 0 radical (unpaired) electrons. The van der Waals surface area contributed by atoms with Crippen molar-refractivity contribution in [2.45, 2.75) is 45.6 Å². The van der Waals surface area contributed by atoms with Crippen molar-refractivity contribution >= 4 is 37.2 Å². The molecule has 41 heavy (non-hydrogen) atoms. The van der Waals surface area contributed by atoms with E-state index in [9.17, 15) is 19.0 Å². The highest BCUT2D eigenvalue weighted by Gasteiger charge is 2.40. The Bertz CT molecular complexity index is 1450. The number of hydrogen-bond acceptors (Lipinski definition) is 7. The molecule has 2 aromatic rings. The number of carbonyl (C=O) groups is 2. The number of phosphoric ester groups is 1. The molecular weight excluding hydrogens is 543 g/mol. The van der Waals surface area contributed by atoms with Crippen LogP contribution in [0.1, 0.15) is 55.5 Å². The fourth-order valence-corrected chi connectivity index (χ4v) is 6.13. The molecule has 2 fully saturated rings. The normalized spacial score (nSPS) is 21.8. The molecule has 10 nitrogen and oxygen atoms in total. The minimum absolute atomic E-state index is 0.0695. The Kier molecular flexibility index (Phi) is 8.21. The Balaban J connectivity index is 1.38. The van der Waals surface area contributed by atoms with Crippen LogP contribution in [0, 0.1) is 5.41 Å². The largest absolute Gasteiger partial charge is 0.472 e. The third-order valence-electron chi connectivity index (χ3n) is 8.17. The van der Waals surface area contributed by atoms with Gasteiger partial charge in [0.05, 0.1) is 17.2 Å². The summed E-state index contributed by atoms with van der Waals surface area (Å²) in [5, 5.41) is 0. The van der Waals surface area contributed by atoms with E-state index in [1.54, 1.807) is 4.90 Å². The molecule has 0 aliphatic carbocycles. The van der Waals surface area contributed by atoms with Crippen molar-refractivity contribution in [3.63, 3.8) is 0 Å². The van der Waals surface area contributed by atoms with E-state index in [-0.39, 0.29) is 18.4 Å². The number of phosphoric acid groups is 1. The maximum Gasteiger partial charge on any atom is 0.472 e. The molecule has 2 amide bonds. The summed E-state index contributed by atoms with van der Waals surface area (Å²) in [5.41, 5.74) is 10.1. The Morgan fingerprint density at radius 2 is 1.68 bits per heavy atom. The average Bonchev–Trinajstić information content (AvgIpc) is 3.40. The Morgan fingerprint density at radius 1 is 1.00 bits per heavy atom. The first-order chi connectivity index (χ1) is 19.5. The second-order valence-corrected chi connectivity index (χ2v) is 12.8. The van der Waals surface area contributed by atoms with Gasteiger partial charge in [-0.1, -0.05) is 24.3 Å². The summed E-state index contributed by atoms with van der Waals surface area (Å²) < 4.78 is 21.5. The van der Waals surface area contributed by atoms with Gasteiger partial charge in [0.25, 0.3) is 11.8 Å². The summed E-state index contributed by atoms with van der Waals surface area (Å²) in [5.74, 6) is 0.150. The van der Waals surface area contributed by atoms with Gasteiger partial charge in [-0.2, -0.15) is 0 Å². The summed E-state index contributed by atoms with van der Waals surface area (Å²) in [6, 6.07) is 13.4. The smallest absolute Gasteiger partial charge is 0.386 e. The Morgan fingerprint density at radius 3 is 2.37 bits per heavy atom. The standard InChI is InChI=1S/C30H37N4O6P/c1-30(2)25(28(36)34-16-13-24(19-34)40-41(37,38)39-3)17-23-12-11-22(18-26(23)32-29(30)31)20-7-9-21(10-8-20)27(35)33-14-5-4-6-15-33/h7-12,17-18,24H,4-6,13-16,19H2,1-3H3,(H2,31,32)(H,37,38). The SMILES string of the molecule is COP(=O)(O)OC1CCN(C(=O)C2=Cc3ccc(-c4ccc(C(=O)N5CCCCC5)cc4)cc3N=C(N)C2(C)C)C1. The number of nitrogens with two attached hydrogens (primary N) is 1. The molecule has 3 heterocycles. The van der Waals surface area contributed by atoms with E-state index in [0.29, 0.717) is 35.6 Å². The minimum Gasteiger partial charge on any atom is -0.386 e. The first-order valence-corrected chi connectivity index (χ1v) is 15.4. The summed E-state index contributed by atoms with van der Waals surface area (Å²) >= 11 is 0. The molecule has 5 rings (SSSR count). The molecule has 2 saturated heterocycles. The van der Waals surface area contributed by atoms with Gasteiger partial charge in [0.2, 0.25) is 0 Å². The van der Waals surface area contributed by atoms with Gasteiger partial charge in [0.15, 0.2) is 0 Å². The van der Waals surface area contributed by atoms with E-state index in [2.05, 4.69) is 4.52 Å². The van der Waals surface area contributed by atoms with E-state index in [1.807, 2.05) is 67.3 Å². The zero-order chi connectivity index (χ0) is 29.4. The number of nitrogens with zero attached hydrogens (tertiary/aromatic N) is 3. The van der Waals surface area contributed by atoms with Crippen LogP contribution in [0.15, 0.2) is 53.0 Å². The maximum atomic E-state index is 13.7. The highest BCUT2D eigenvalue weighted by atomic mass is 31.2. The Labute approximate surface area is 240 Å². The van der Waals surface area contributed by atoms with Crippen LogP contribution in [-0.4, -0.2) is 71.7 Å². The fourth-order valence-electron chi connectivity index (χ4n) is 5.50. The first kappa shape index (κ1) is 29.2. The van der Waals surface area contributed by atoms with Crippen LogP contribution in [0.4, 0.5) is 5.69 Å². The lowest BCUT2D eigenvalue weighted by Crippen LogP contribution is -2.41. The number of piperidine rings is 1. The van der Waals surface area contributed by atoms with Gasteiger partial charge >= 0.3 is 7.82 Å². The summed E-state index contributed by atoms with van der Waals surface area (Å²) in [6.07, 6.45) is 4.91. The molecule has 0 spiro atoms. The number of amidine groups is 1. The summed E-state index contributed by atoms with van der Waals surface area (Å²) in [6.45, 7) is 5.88. The van der Waals surface area contributed by atoms with Gasteiger partial charge in [-0.3, -0.25) is 18.6 Å². The highest BCUT2D eigenvalue weighted by Crippen LogP contribution is 2.45. The lowest BCUT2D eigenvalue weighted by Gasteiger charge is -2.29. The topological polar surface area (TPSA) is 135 Å². The average molecular weight is 581 g/mol. The molecule has 2 unspecified atom stereocenters. The molecule has 11 heteroatoms. The molecule has 0 saturated carbocycles. The van der Waals surface area contributed by atoms with Gasteiger partial charge in [0, 0.05) is 50.0 Å². The predicted octanol–water partition coefficient (Wildman–Crippen LogP) is 4.76. The minimum atomic E-state index is -4.15. The van der Waals surface area contributed by atoms with Crippen molar-refractivity contribution in [1.82, 2.24) is 9.80 Å². The zero-order valence-corrected chi connectivity index (χ0v) is 24.6. The number of carbonyl (C=O) groups excluding carboxylic acids is 2. The molecule has 2 atom stereocenters. The van der Waals surface area contributed by atoms with Crippen molar-refractivity contribution < 1.29 is 28.1 Å². The molecule has 3 aliphatic heterocycles. The van der Waals surface area contributed by atoms with Crippen LogP contribution >= 0.6 is 7.82 Å². The zero-order valence-electron chi connectivity index (χ0n) is 23.7. The number of benzene rings is 2. The number of fused-ring (bicyclic) bond motifs is 1. The predicted molar refractivity (Wildman–Crippen MR) is 158 cm³/mol. The quantitative estimate of drug-likeness (QED) is 0.471. The third-order valence-corrected chi connectivity index (χ3v) is 9.19. The van der Waals surface area contributed by atoms with E-state index < -0.39 is 19.3 Å². The molecule has 218 valence electrons. The lowest BCUT2D eigenvalue weighted by atomic mass is 9.81. The molecule has 2 aromatic carbocycles. The van der Waals surface area contributed by atoms with E-state index >= 15 is 0 Å². The van der Waals surface area contributed by atoms with Crippen molar-refractivity contribution in [3.05, 3.63) is 59.2 Å². The van der Waals surface area contributed by atoms with Crippen molar-refractivity contribution in [1.29, 1.82) is 0 Å². The summed E-state index contributed by atoms with van der Waals surface area (Å²) in [7, 11) is -3.05. The Hall–Kier alpha value is -3.30. The second kappa shape index (κ2) is 11.5. The van der Waals surface area contributed by atoms with Gasteiger partial charge in [-0.05, 0) is 74.9 Å². The third kappa shape index (κ3) is 6.16. The summed E-state index contributed by atoms with van der Waals surface area (Å²) in [4.78, 5) is 44.5. The molecule has 0 aromatic heterocycles. The lowest BCUT2D eigenvalue weighted by molar-refractivity contribution is -0.127. The van der Waals surface area contributed by atoms with Crippen molar-refractivity contribution in [2.24, 2.45) is 16.1 Å². The molecule has 0 bridgehead atoms. The number of hydrogen-bond donors (Lipinski definition) is 2. The van der Waals surface area contributed by atoms with Crippen molar-refractivity contribution in [2.75, 3.05) is 33.3 Å². The molecule has 3 aliphatic rings. The van der Waals surface area contributed by atoms with E-state index in [4.69, 9.17) is 15.2 Å². The van der Waals surface area contributed by atoms with Gasteiger partial charge in [0.1, 0.15) is 5.84 Å². The maximum absolute atomic E-state index is 13.7. The number of likely N-dealkylation sites (tertiary alicyclic amines) is 2. The van der Waals surface area contributed by atoms with E-state index in [0.717, 1.165) is 49.7 Å². The van der Waals surface area contributed by atoms with Crippen LogP contribution in [0.5, 0.6) is 0 Å². The second-order valence-electron chi connectivity index (χ2n) is 11.3. The van der Waals surface area contributed by atoms with Crippen LogP contribution in [0.25, 0.3) is 17.2 Å². The van der Waals surface area contributed by atoms with Crippen LogP contribution < -0.4 is 5.73 Å². The number of rotatable bonds is 6. The first-order valence-electron chi connectivity index (χ1n) is 14.0. The molecular formula is C30H37N4O6P. The number of amides is 2. The fraction of sp³-hybridized carbons (Fsp3) is 0.433. The van der Waals surface area contributed by atoms with Gasteiger partial charge in [-0.15, -0.1) is 0 Å². The van der Waals surface area contributed by atoms with Gasteiger partial charge < -0.3 is 20.4 Å². The van der Waals surface area contributed by atoms with Crippen LogP contribution in [0.3, 0.4) is 0 Å². The van der Waals surface area contributed by atoms with E-state index in [1.165, 1.54) is 6.42 Å². The monoisotopic (exact) mass is 580 g/mol. The van der Waals surface area contributed by atoms with Gasteiger partial charge in [-0.25, -0.2) is 9.56 Å². The molecule has 3 N–H and O–H groups in total. The van der Waals surface area contributed by atoms with Crippen molar-refractivity contribution in [3.8, 4) is 11.1 Å². The van der Waals surface area contributed by atoms with Crippen LogP contribution in [-0.2, 0) is 18.4 Å². The highest BCUT2D eigenvalue weighted by molar-refractivity contribution is 7.47. The van der Waals surface area contributed by atoms with Crippen LogP contribution in [0.2, 0.25) is 0 Å². The number of aliphatic imine (C=N–C) groups is 1.